The van der Waals surface area contributed by atoms with Crippen LogP contribution in [0.2, 0.25) is 0 Å². The van der Waals surface area contributed by atoms with Crippen LogP contribution < -0.4 is 0 Å². The third-order valence-electron chi connectivity index (χ3n) is 5.30. The van der Waals surface area contributed by atoms with E-state index in [-0.39, 0.29) is 35.9 Å². The first-order valence-electron chi connectivity index (χ1n) is 10.9. The minimum atomic E-state index is -3.15. The van der Waals surface area contributed by atoms with E-state index in [1.807, 2.05) is 39.8 Å². The molecule has 1 saturated heterocycles. The molecule has 1 aliphatic rings. The fourth-order valence-electron chi connectivity index (χ4n) is 3.80. The topological polar surface area (TPSA) is 103 Å². The van der Waals surface area contributed by atoms with Crippen molar-refractivity contribution in [3.63, 3.8) is 0 Å². The Hall–Kier alpha value is -2.39. The summed E-state index contributed by atoms with van der Waals surface area (Å²) in [7, 11) is -3.15. The Kier molecular flexibility index (Phi) is 7.61. The van der Waals surface area contributed by atoms with Crippen LogP contribution in [0, 0.1) is 5.92 Å². The normalized spacial score (nSPS) is 17.9. The van der Waals surface area contributed by atoms with Crippen molar-refractivity contribution < 1.29 is 31.9 Å². The summed E-state index contributed by atoms with van der Waals surface area (Å²) < 4.78 is 40.5. The molecule has 2 heterocycles. The van der Waals surface area contributed by atoms with E-state index in [0.29, 0.717) is 24.1 Å². The van der Waals surface area contributed by atoms with Crippen LogP contribution in [0.5, 0.6) is 0 Å². The number of amides is 1. The Morgan fingerprint density at radius 1 is 1.19 bits per heavy atom. The average molecular weight is 466 g/mol. The number of para-hydroxylation sites is 1. The summed E-state index contributed by atoms with van der Waals surface area (Å²) >= 11 is 0. The summed E-state index contributed by atoms with van der Waals surface area (Å²) in [6.45, 7) is 7.78. The number of carbonyl (C=O) groups excluding carboxylic acids is 2. The lowest BCUT2D eigenvalue weighted by Gasteiger charge is -2.29. The van der Waals surface area contributed by atoms with Crippen LogP contribution in [0.25, 0.3) is 11.0 Å². The summed E-state index contributed by atoms with van der Waals surface area (Å²) in [6.07, 6.45) is 0.357. The molecule has 9 heteroatoms. The number of hydrogen-bond donors (Lipinski definition) is 0. The van der Waals surface area contributed by atoms with E-state index in [9.17, 15) is 18.0 Å². The van der Waals surface area contributed by atoms with E-state index in [0.717, 1.165) is 5.39 Å². The number of sulfone groups is 1. The molecule has 176 valence electrons. The Bertz CT molecular complexity index is 1070. The van der Waals surface area contributed by atoms with Crippen molar-refractivity contribution in [2.45, 2.75) is 52.9 Å². The summed E-state index contributed by atoms with van der Waals surface area (Å²) in [4.78, 5) is 27.2. The van der Waals surface area contributed by atoms with Crippen LogP contribution >= 0.6 is 0 Å². The molecule has 0 radical (unpaired) electrons. The number of ether oxygens (including phenoxy) is 2. The predicted octanol–water partition coefficient (Wildman–Crippen LogP) is 3.19. The van der Waals surface area contributed by atoms with Crippen molar-refractivity contribution in [1.29, 1.82) is 0 Å². The zero-order valence-electron chi connectivity index (χ0n) is 19.0. The zero-order valence-corrected chi connectivity index (χ0v) is 19.8. The van der Waals surface area contributed by atoms with E-state index in [2.05, 4.69) is 0 Å². The first kappa shape index (κ1) is 24.3. The lowest BCUT2D eigenvalue weighted by molar-refractivity contribution is -0.137. The Morgan fingerprint density at radius 3 is 2.53 bits per heavy atom. The Labute approximate surface area is 188 Å². The van der Waals surface area contributed by atoms with E-state index >= 15 is 0 Å². The van der Waals surface area contributed by atoms with Gasteiger partial charge in [-0.15, -0.1) is 0 Å². The van der Waals surface area contributed by atoms with Gasteiger partial charge < -0.3 is 18.8 Å². The van der Waals surface area contributed by atoms with Crippen LogP contribution in [-0.4, -0.2) is 62.0 Å². The number of fused-ring (bicyclic) bond motifs is 1. The second-order valence-electron chi connectivity index (χ2n) is 8.84. The lowest BCUT2D eigenvalue weighted by Crippen LogP contribution is -2.45. The van der Waals surface area contributed by atoms with E-state index < -0.39 is 34.4 Å². The molecule has 2 aromatic rings. The minimum absolute atomic E-state index is 0.0125. The third kappa shape index (κ3) is 5.89. The highest BCUT2D eigenvalue weighted by Gasteiger charge is 2.35. The Balaban J connectivity index is 1.74. The zero-order chi connectivity index (χ0) is 23.5. The van der Waals surface area contributed by atoms with E-state index in [4.69, 9.17) is 13.9 Å². The van der Waals surface area contributed by atoms with Crippen molar-refractivity contribution >= 4 is 32.7 Å². The van der Waals surface area contributed by atoms with Crippen LogP contribution in [0.15, 0.2) is 28.7 Å². The highest BCUT2D eigenvalue weighted by molar-refractivity contribution is 7.91. The monoisotopic (exact) mass is 465 g/mol. The molecule has 1 aromatic carbocycles. The Morgan fingerprint density at radius 2 is 1.91 bits per heavy atom. The van der Waals surface area contributed by atoms with Gasteiger partial charge in [-0.05, 0) is 32.3 Å². The first-order valence-corrected chi connectivity index (χ1v) is 12.7. The maximum absolute atomic E-state index is 12.9. The number of furan rings is 1. The lowest BCUT2D eigenvalue weighted by atomic mass is 10.1. The van der Waals surface area contributed by atoms with Gasteiger partial charge in [0.15, 0.2) is 16.4 Å². The largest absolute Gasteiger partial charge is 0.450 e. The minimum Gasteiger partial charge on any atom is -0.450 e. The molecular weight excluding hydrogens is 434 g/mol. The van der Waals surface area contributed by atoms with Crippen molar-refractivity contribution in [3.8, 4) is 0 Å². The average Bonchev–Trinajstić information content (AvgIpc) is 3.27. The van der Waals surface area contributed by atoms with Gasteiger partial charge in [0.2, 0.25) is 5.76 Å². The summed E-state index contributed by atoms with van der Waals surface area (Å²) in [5.74, 6) is -0.991. The molecule has 32 heavy (non-hydrogen) atoms. The molecule has 3 rings (SSSR count). The summed E-state index contributed by atoms with van der Waals surface area (Å²) in [6, 6.07) is 6.84. The molecule has 1 atom stereocenters. The fourth-order valence-corrected chi connectivity index (χ4v) is 5.53. The van der Waals surface area contributed by atoms with E-state index in [1.165, 1.54) is 4.90 Å². The first-order chi connectivity index (χ1) is 15.1. The second kappa shape index (κ2) is 10.0. The van der Waals surface area contributed by atoms with Crippen molar-refractivity contribution in [2.75, 3.05) is 24.7 Å². The molecule has 0 bridgehead atoms. The SMILES string of the molecule is CC(C)CN(C(=O)COC(=O)c1oc2ccccc2c1COC(C)C)C1CCS(=O)(=O)C1. The number of benzene rings is 1. The third-order valence-corrected chi connectivity index (χ3v) is 7.05. The van der Waals surface area contributed by atoms with Gasteiger partial charge in [0, 0.05) is 23.5 Å². The highest BCUT2D eigenvalue weighted by Crippen LogP contribution is 2.28. The number of nitrogens with zero attached hydrogens (tertiary/aromatic N) is 1. The predicted molar refractivity (Wildman–Crippen MR) is 120 cm³/mol. The molecule has 0 aliphatic carbocycles. The number of esters is 1. The van der Waals surface area contributed by atoms with Gasteiger partial charge in [-0.25, -0.2) is 13.2 Å². The molecule has 1 amide bonds. The van der Waals surface area contributed by atoms with Crippen molar-refractivity contribution in [1.82, 2.24) is 4.90 Å². The van der Waals surface area contributed by atoms with E-state index in [1.54, 1.807) is 12.1 Å². The molecule has 1 aliphatic heterocycles. The van der Waals surface area contributed by atoms with Crippen molar-refractivity contribution in [2.24, 2.45) is 5.92 Å². The standard InChI is InChI=1S/C23H31NO7S/c1-15(2)11-24(17-9-10-32(27,28)14-17)21(25)13-30-23(26)22-19(12-29-16(3)4)18-7-5-6-8-20(18)31-22/h5-8,15-17H,9-14H2,1-4H3. The highest BCUT2D eigenvalue weighted by atomic mass is 32.2. The van der Waals surface area contributed by atoms with Gasteiger partial charge in [-0.2, -0.15) is 0 Å². The van der Waals surface area contributed by atoms with Crippen LogP contribution in [-0.2, 0) is 30.7 Å². The molecule has 1 unspecified atom stereocenters. The van der Waals surface area contributed by atoms with Crippen molar-refractivity contribution in [3.05, 3.63) is 35.6 Å². The van der Waals surface area contributed by atoms with Crippen LogP contribution in [0.4, 0.5) is 0 Å². The van der Waals surface area contributed by atoms with Gasteiger partial charge in [-0.3, -0.25) is 4.79 Å². The van der Waals surface area contributed by atoms with Gasteiger partial charge >= 0.3 is 5.97 Å². The van der Waals surface area contributed by atoms with Gasteiger partial charge in [0.25, 0.3) is 5.91 Å². The molecule has 1 aromatic heterocycles. The molecule has 1 fully saturated rings. The molecule has 0 N–H and O–H groups in total. The fraction of sp³-hybridized carbons (Fsp3) is 0.565. The van der Waals surface area contributed by atoms with Crippen LogP contribution in [0.1, 0.15) is 50.2 Å². The molecular formula is C23H31NO7S. The van der Waals surface area contributed by atoms with Gasteiger partial charge in [-0.1, -0.05) is 32.0 Å². The summed E-state index contributed by atoms with van der Waals surface area (Å²) in [5.41, 5.74) is 1.11. The molecule has 8 nitrogen and oxygen atoms in total. The van der Waals surface area contributed by atoms with Crippen LogP contribution in [0.3, 0.4) is 0 Å². The number of hydrogen-bond acceptors (Lipinski definition) is 7. The quantitative estimate of drug-likeness (QED) is 0.524. The number of carbonyl (C=O) groups is 2. The van der Waals surface area contributed by atoms with Gasteiger partial charge in [0.1, 0.15) is 5.58 Å². The molecule has 0 saturated carbocycles. The smallest absolute Gasteiger partial charge is 0.375 e. The maximum atomic E-state index is 12.9. The maximum Gasteiger partial charge on any atom is 0.375 e. The summed E-state index contributed by atoms with van der Waals surface area (Å²) in [5, 5.41) is 0.754. The van der Waals surface area contributed by atoms with Gasteiger partial charge in [0.05, 0.1) is 24.2 Å². The number of rotatable bonds is 9. The second-order valence-corrected chi connectivity index (χ2v) is 11.1. The molecule has 0 spiro atoms.